The highest BCUT2D eigenvalue weighted by Crippen LogP contribution is 2.03. The molecule has 1 aromatic rings. The van der Waals surface area contributed by atoms with Crippen LogP contribution in [0, 0.1) is 0 Å². The molecule has 0 saturated heterocycles. The fourth-order valence-electron chi connectivity index (χ4n) is 0.989. The van der Waals surface area contributed by atoms with Crippen molar-refractivity contribution in [1.82, 2.24) is 20.1 Å². The lowest BCUT2D eigenvalue weighted by Gasteiger charge is -2.19. The Bertz CT molecular complexity index is 315. The van der Waals surface area contributed by atoms with E-state index in [0.29, 0.717) is 0 Å². The van der Waals surface area contributed by atoms with Crippen molar-refractivity contribution in [3.63, 3.8) is 0 Å². The second kappa shape index (κ2) is 4.39. The maximum absolute atomic E-state index is 11.6. The van der Waals surface area contributed by atoms with Crippen LogP contribution in [-0.2, 0) is 4.79 Å². The van der Waals surface area contributed by atoms with Crippen LogP contribution >= 0.6 is 0 Å². The molecule has 6 heteroatoms. The van der Waals surface area contributed by atoms with Gasteiger partial charge in [-0.15, -0.1) is 0 Å². The number of aliphatic hydroxyl groups is 1. The summed E-state index contributed by atoms with van der Waals surface area (Å²) in [5.41, 5.74) is -0.905. The van der Waals surface area contributed by atoms with Crippen molar-refractivity contribution in [2.45, 2.75) is 32.4 Å². The first-order chi connectivity index (χ1) is 6.90. The number of carbonyl (C=O) groups is 1. The summed E-state index contributed by atoms with van der Waals surface area (Å²) in [6.45, 7) is 5.19. The molecule has 1 atom stereocenters. The molecule has 1 aromatic heterocycles. The van der Waals surface area contributed by atoms with Crippen LogP contribution in [0.25, 0.3) is 0 Å². The SMILES string of the molecule is CC(C(=O)NCC(C)(C)O)n1cncn1. The van der Waals surface area contributed by atoms with Gasteiger partial charge in [-0.25, -0.2) is 9.67 Å². The van der Waals surface area contributed by atoms with Crippen LogP contribution < -0.4 is 5.32 Å². The van der Waals surface area contributed by atoms with Crippen molar-refractivity contribution in [1.29, 1.82) is 0 Å². The number of aromatic nitrogens is 3. The van der Waals surface area contributed by atoms with Crippen LogP contribution in [0.3, 0.4) is 0 Å². The topological polar surface area (TPSA) is 80.0 Å². The Kier molecular flexibility index (Phi) is 3.41. The zero-order valence-corrected chi connectivity index (χ0v) is 9.14. The first-order valence-corrected chi connectivity index (χ1v) is 4.74. The maximum atomic E-state index is 11.6. The lowest BCUT2D eigenvalue weighted by molar-refractivity contribution is -0.125. The monoisotopic (exact) mass is 212 g/mol. The van der Waals surface area contributed by atoms with Gasteiger partial charge in [0.05, 0.1) is 5.60 Å². The second-order valence-electron chi connectivity index (χ2n) is 4.08. The number of rotatable bonds is 4. The lowest BCUT2D eigenvalue weighted by Crippen LogP contribution is -2.41. The van der Waals surface area contributed by atoms with Crippen LogP contribution in [0.4, 0.5) is 0 Å². The fraction of sp³-hybridized carbons (Fsp3) is 0.667. The van der Waals surface area contributed by atoms with E-state index < -0.39 is 11.6 Å². The average Bonchev–Trinajstić information content (AvgIpc) is 2.64. The van der Waals surface area contributed by atoms with Gasteiger partial charge in [-0.1, -0.05) is 0 Å². The fourth-order valence-corrected chi connectivity index (χ4v) is 0.989. The summed E-state index contributed by atoms with van der Waals surface area (Å²) in [5.74, 6) is -0.192. The summed E-state index contributed by atoms with van der Waals surface area (Å²) >= 11 is 0. The average molecular weight is 212 g/mol. The summed E-state index contributed by atoms with van der Waals surface area (Å²) in [6, 6.07) is -0.421. The van der Waals surface area contributed by atoms with Crippen LogP contribution in [-0.4, -0.2) is 37.9 Å². The van der Waals surface area contributed by atoms with Crippen LogP contribution in [0.15, 0.2) is 12.7 Å². The first-order valence-electron chi connectivity index (χ1n) is 4.74. The predicted octanol–water partition coefficient (Wildman–Crippen LogP) is -0.274. The Morgan fingerprint density at radius 2 is 2.33 bits per heavy atom. The number of amides is 1. The molecule has 0 fully saturated rings. The zero-order valence-electron chi connectivity index (χ0n) is 9.14. The van der Waals surface area contributed by atoms with Crippen molar-refractivity contribution < 1.29 is 9.90 Å². The first kappa shape index (κ1) is 11.6. The van der Waals surface area contributed by atoms with Crippen LogP contribution in [0.1, 0.15) is 26.8 Å². The lowest BCUT2D eigenvalue weighted by atomic mass is 10.1. The molecule has 1 unspecified atom stereocenters. The highest BCUT2D eigenvalue weighted by Gasteiger charge is 2.18. The molecule has 0 bridgehead atoms. The van der Waals surface area contributed by atoms with E-state index in [9.17, 15) is 9.90 Å². The van der Waals surface area contributed by atoms with Crippen molar-refractivity contribution in [3.8, 4) is 0 Å². The van der Waals surface area contributed by atoms with Crippen LogP contribution in [0.2, 0.25) is 0 Å². The van der Waals surface area contributed by atoms with Gasteiger partial charge in [0.2, 0.25) is 5.91 Å². The normalized spacial score (nSPS) is 13.6. The van der Waals surface area contributed by atoms with Crippen molar-refractivity contribution in [2.75, 3.05) is 6.54 Å². The number of nitrogens with zero attached hydrogens (tertiary/aromatic N) is 3. The summed E-state index contributed by atoms with van der Waals surface area (Å²) < 4.78 is 1.46. The van der Waals surface area contributed by atoms with Crippen LogP contribution in [0.5, 0.6) is 0 Å². The molecule has 0 aliphatic heterocycles. The number of nitrogens with one attached hydrogen (secondary N) is 1. The molecule has 1 amide bonds. The van der Waals surface area contributed by atoms with E-state index in [4.69, 9.17) is 0 Å². The molecule has 1 heterocycles. The quantitative estimate of drug-likeness (QED) is 0.719. The molecule has 0 aliphatic carbocycles. The number of hydrogen-bond donors (Lipinski definition) is 2. The van der Waals surface area contributed by atoms with E-state index in [1.54, 1.807) is 20.8 Å². The number of hydrogen-bond acceptors (Lipinski definition) is 4. The van der Waals surface area contributed by atoms with Gasteiger partial charge < -0.3 is 10.4 Å². The molecular formula is C9H16N4O2. The standard InChI is InChI=1S/C9H16N4O2/c1-7(13-6-10-5-12-13)8(14)11-4-9(2,3)15/h5-7,15H,4H2,1-3H3,(H,11,14). The molecule has 2 N–H and O–H groups in total. The number of carbonyl (C=O) groups excluding carboxylic acids is 1. The van der Waals surface area contributed by atoms with E-state index in [0.717, 1.165) is 0 Å². The van der Waals surface area contributed by atoms with Gasteiger partial charge >= 0.3 is 0 Å². The Hall–Kier alpha value is -1.43. The molecule has 0 saturated carbocycles. The Morgan fingerprint density at radius 1 is 1.67 bits per heavy atom. The molecule has 0 spiro atoms. The second-order valence-corrected chi connectivity index (χ2v) is 4.08. The Morgan fingerprint density at radius 3 is 2.80 bits per heavy atom. The van der Waals surface area contributed by atoms with E-state index in [1.807, 2.05) is 0 Å². The minimum atomic E-state index is -0.905. The molecule has 1 rings (SSSR count). The van der Waals surface area contributed by atoms with Gasteiger partial charge in [-0.3, -0.25) is 4.79 Å². The molecule has 0 aliphatic rings. The molecule has 6 nitrogen and oxygen atoms in total. The van der Waals surface area contributed by atoms with Crippen molar-refractivity contribution >= 4 is 5.91 Å². The zero-order chi connectivity index (χ0) is 11.5. The molecule has 84 valence electrons. The Labute approximate surface area is 88.3 Å². The van der Waals surface area contributed by atoms with Gasteiger partial charge in [-0.2, -0.15) is 5.10 Å². The largest absolute Gasteiger partial charge is 0.389 e. The third-order valence-corrected chi connectivity index (χ3v) is 1.91. The maximum Gasteiger partial charge on any atom is 0.244 e. The van der Waals surface area contributed by atoms with Crippen molar-refractivity contribution in [2.24, 2.45) is 0 Å². The third-order valence-electron chi connectivity index (χ3n) is 1.91. The van der Waals surface area contributed by atoms with E-state index in [-0.39, 0.29) is 12.5 Å². The summed E-state index contributed by atoms with van der Waals surface area (Å²) in [7, 11) is 0. The predicted molar refractivity (Wildman–Crippen MR) is 54.0 cm³/mol. The van der Waals surface area contributed by atoms with E-state index >= 15 is 0 Å². The molecule has 0 radical (unpaired) electrons. The Balaban J connectivity index is 2.48. The van der Waals surface area contributed by atoms with E-state index in [2.05, 4.69) is 15.4 Å². The summed E-state index contributed by atoms with van der Waals surface area (Å²) in [5, 5.41) is 15.9. The van der Waals surface area contributed by atoms with Gasteiger partial charge in [0, 0.05) is 6.54 Å². The third kappa shape index (κ3) is 3.67. The summed E-state index contributed by atoms with van der Waals surface area (Å²) in [6.07, 6.45) is 2.86. The minimum Gasteiger partial charge on any atom is -0.389 e. The van der Waals surface area contributed by atoms with Gasteiger partial charge in [0.25, 0.3) is 0 Å². The minimum absolute atomic E-state index is 0.192. The summed E-state index contributed by atoms with van der Waals surface area (Å²) in [4.78, 5) is 15.3. The van der Waals surface area contributed by atoms with Crippen molar-refractivity contribution in [3.05, 3.63) is 12.7 Å². The highest BCUT2D eigenvalue weighted by molar-refractivity contribution is 5.79. The van der Waals surface area contributed by atoms with Gasteiger partial charge in [0.15, 0.2) is 0 Å². The molecule has 15 heavy (non-hydrogen) atoms. The van der Waals surface area contributed by atoms with Gasteiger partial charge in [0.1, 0.15) is 18.7 Å². The van der Waals surface area contributed by atoms with E-state index in [1.165, 1.54) is 17.3 Å². The van der Waals surface area contributed by atoms with Gasteiger partial charge in [-0.05, 0) is 20.8 Å². The highest BCUT2D eigenvalue weighted by atomic mass is 16.3. The molecule has 0 aromatic carbocycles. The molecular weight excluding hydrogens is 196 g/mol. The smallest absolute Gasteiger partial charge is 0.244 e.